The molecule has 4 nitrogen and oxygen atoms in total. The van der Waals surface area contributed by atoms with E-state index in [4.69, 9.17) is 16.9 Å². The van der Waals surface area contributed by atoms with Crippen LogP contribution in [0.2, 0.25) is 5.02 Å². The number of hydrogen-bond acceptors (Lipinski definition) is 3. The molecule has 0 atom stereocenters. The number of phenolic OH excluding ortho intramolecular Hbond substituents is 1. The number of nitrogens with one attached hydrogen (secondary N) is 1. The van der Waals surface area contributed by atoms with E-state index < -0.39 is 5.91 Å². The van der Waals surface area contributed by atoms with E-state index in [1.807, 2.05) is 6.07 Å². The topological polar surface area (TPSA) is 73.1 Å². The van der Waals surface area contributed by atoms with E-state index in [2.05, 4.69) is 5.32 Å². The number of carbonyl (C=O) groups excluding carboxylic acids is 1. The van der Waals surface area contributed by atoms with Gasteiger partial charge in [0.25, 0.3) is 5.91 Å². The maximum absolute atomic E-state index is 11.9. The highest BCUT2D eigenvalue weighted by molar-refractivity contribution is 6.31. The molecule has 0 heterocycles. The van der Waals surface area contributed by atoms with Crippen LogP contribution in [-0.4, -0.2) is 11.0 Å². The first-order chi connectivity index (χ1) is 9.10. The highest BCUT2D eigenvalue weighted by Gasteiger charge is 2.11. The van der Waals surface area contributed by atoms with E-state index in [0.29, 0.717) is 16.3 Å². The van der Waals surface area contributed by atoms with Gasteiger partial charge in [-0.1, -0.05) is 11.6 Å². The molecule has 0 fully saturated rings. The predicted octanol–water partition coefficient (Wildman–Crippen LogP) is 3.17. The number of rotatable bonds is 2. The molecule has 0 spiro atoms. The summed E-state index contributed by atoms with van der Waals surface area (Å²) in [5, 5.41) is 21.2. The first-order valence-corrected chi connectivity index (χ1v) is 5.78. The lowest BCUT2D eigenvalue weighted by Crippen LogP contribution is -2.12. The van der Waals surface area contributed by atoms with Gasteiger partial charge in [-0.15, -0.1) is 0 Å². The first-order valence-electron chi connectivity index (χ1n) is 5.40. The minimum absolute atomic E-state index is 0.0943. The van der Waals surface area contributed by atoms with Gasteiger partial charge in [0.15, 0.2) is 0 Å². The zero-order chi connectivity index (χ0) is 13.8. The second-order valence-corrected chi connectivity index (χ2v) is 4.24. The fourth-order valence-corrected chi connectivity index (χ4v) is 1.69. The van der Waals surface area contributed by atoms with Crippen LogP contribution < -0.4 is 5.32 Å². The van der Waals surface area contributed by atoms with Crippen LogP contribution in [0.3, 0.4) is 0 Å². The van der Waals surface area contributed by atoms with Crippen molar-refractivity contribution in [2.75, 3.05) is 5.32 Å². The Morgan fingerprint density at radius 2 is 1.89 bits per heavy atom. The second-order valence-electron chi connectivity index (χ2n) is 3.80. The Morgan fingerprint density at radius 3 is 2.53 bits per heavy atom. The van der Waals surface area contributed by atoms with E-state index in [0.717, 1.165) is 0 Å². The summed E-state index contributed by atoms with van der Waals surface area (Å²) in [6.07, 6.45) is 0. The van der Waals surface area contributed by atoms with Gasteiger partial charge in [0, 0.05) is 10.7 Å². The van der Waals surface area contributed by atoms with E-state index in [-0.39, 0.29) is 11.3 Å². The molecule has 19 heavy (non-hydrogen) atoms. The van der Waals surface area contributed by atoms with Crippen LogP contribution >= 0.6 is 11.6 Å². The number of benzene rings is 2. The number of anilines is 1. The van der Waals surface area contributed by atoms with Crippen LogP contribution in [0.25, 0.3) is 0 Å². The third-order valence-electron chi connectivity index (χ3n) is 2.48. The van der Waals surface area contributed by atoms with Crippen molar-refractivity contribution < 1.29 is 9.90 Å². The third-order valence-corrected chi connectivity index (χ3v) is 2.71. The largest absolute Gasteiger partial charge is 0.507 e. The summed E-state index contributed by atoms with van der Waals surface area (Å²) >= 11 is 5.78. The van der Waals surface area contributed by atoms with Crippen molar-refractivity contribution in [2.45, 2.75) is 0 Å². The summed E-state index contributed by atoms with van der Waals surface area (Å²) in [5.74, 6) is -0.611. The molecule has 0 radical (unpaired) electrons. The van der Waals surface area contributed by atoms with Gasteiger partial charge in [-0.2, -0.15) is 5.26 Å². The molecule has 2 aromatic carbocycles. The third kappa shape index (κ3) is 3.03. The molecule has 94 valence electrons. The van der Waals surface area contributed by atoms with Crippen LogP contribution in [0.5, 0.6) is 5.75 Å². The number of hydrogen-bond donors (Lipinski definition) is 2. The molecule has 0 aliphatic heterocycles. The van der Waals surface area contributed by atoms with Crippen molar-refractivity contribution in [3.8, 4) is 11.8 Å². The summed E-state index contributed by atoms with van der Waals surface area (Å²) in [5.41, 5.74) is 1.13. The Bertz CT molecular complexity index is 660. The summed E-state index contributed by atoms with van der Waals surface area (Å²) < 4.78 is 0. The molecule has 5 heteroatoms. The Labute approximate surface area is 114 Å². The molecule has 0 bridgehead atoms. The number of phenols is 1. The molecule has 2 aromatic rings. The summed E-state index contributed by atoms with van der Waals surface area (Å²) in [6.45, 7) is 0. The lowest BCUT2D eigenvalue weighted by Gasteiger charge is -2.07. The van der Waals surface area contributed by atoms with Gasteiger partial charge in [-0.25, -0.2) is 0 Å². The average molecular weight is 273 g/mol. The highest BCUT2D eigenvalue weighted by atomic mass is 35.5. The Hall–Kier alpha value is -2.51. The fraction of sp³-hybridized carbons (Fsp3) is 0. The monoisotopic (exact) mass is 272 g/mol. The molecule has 0 aliphatic carbocycles. The minimum Gasteiger partial charge on any atom is -0.507 e. The predicted molar refractivity (Wildman–Crippen MR) is 72.2 cm³/mol. The number of halogens is 1. The molecule has 0 saturated heterocycles. The smallest absolute Gasteiger partial charge is 0.259 e. The van der Waals surface area contributed by atoms with Gasteiger partial charge in [-0.3, -0.25) is 4.79 Å². The number of carbonyl (C=O) groups is 1. The number of nitriles is 1. The maximum Gasteiger partial charge on any atom is 0.259 e. The van der Waals surface area contributed by atoms with E-state index in [9.17, 15) is 9.90 Å². The maximum atomic E-state index is 11.9. The lowest BCUT2D eigenvalue weighted by molar-refractivity contribution is 0.102. The van der Waals surface area contributed by atoms with Crippen LogP contribution in [0.1, 0.15) is 15.9 Å². The zero-order valence-electron chi connectivity index (χ0n) is 9.72. The first kappa shape index (κ1) is 12.9. The van der Waals surface area contributed by atoms with Gasteiger partial charge in [0.05, 0.1) is 17.2 Å². The van der Waals surface area contributed by atoms with Gasteiger partial charge in [0.2, 0.25) is 0 Å². The lowest BCUT2D eigenvalue weighted by atomic mass is 10.1. The quantitative estimate of drug-likeness (QED) is 0.882. The minimum atomic E-state index is -0.468. The molecule has 0 aliphatic rings. The van der Waals surface area contributed by atoms with Crippen molar-refractivity contribution >= 4 is 23.2 Å². The molecular weight excluding hydrogens is 264 g/mol. The van der Waals surface area contributed by atoms with Gasteiger partial charge in [0.1, 0.15) is 5.75 Å². The SMILES string of the molecule is N#Cc1ccc(NC(=O)c2cc(Cl)ccc2O)cc1. The van der Waals surface area contributed by atoms with E-state index in [1.165, 1.54) is 18.2 Å². The summed E-state index contributed by atoms with van der Waals surface area (Å²) in [7, 11) is 0. The van der Waals surface area contributed by atoms with Crippen molar-refractivity contribution in [1.82, 2.24) is 0 Å². The van der Waals surface area contributed by atoms with E-state index >= 15 is 0 Å². The summed E-state index contributed by atoms with van der Waals surface area (Å²) in [6, 6.07) is 12.6. The molecular formula is C14H9ClN2O2. The van der Waals surface area contributed by atoms with Gasteiger partial charge < -0.3 is 10.4 Å². The Kier molecular flexibility index (Phi) is 3.69. The van der Waals surface area contributed by atoms with Crippen molar-refractivity contribution in [1.29, 1.82) is 5.26 Å². The number of amides is 1. The number of nitrogens with zero attached hydrogens (tertiary/aromatic N) is 1. The molecule has 2 rings (SSSR count). The van der Waals surface area contributed by atoms with Crippen LogP contribution in [0.15, 0.2) is 42.5 Å². The molecule has 0 unspecified atom stereocenters. The standard InChI is InChI=1S/C14H9ClN2O2/c15-10-3-6-13(18)12(7-10)14(19)17-11-4-1-9(8-16)2-5-11/h1-7,18H,(H,17,19). The normalized spacial score (nSPS) is 9.68. The number of aromatic hydroxyl groups is 1. The fourth-order valence-electron chi connectivity index (χ4n) is 1.52. The van der Waals surface area contributed by atoms with Crippen molar-refractivity contribution in [3.63, 3.8) is 0 Å². The Balaban J connectivity index is 2.21. The second kappa shape index (κ2) is 5.42. The Morgan fingerprint density at radius 1 is 1.21 bits per heavy atom. The van der Waals surface area contributed by atoms with Crippen LogP contribution in [0, 0.1) is 11.3 Å². The van der Waals surface area contributed by atoms with Gasteiger partial charge in [-0.05, 0) is 42.5 Å². The molecule has 0 aromatic heterocycles. The van der Waals surface area contributed by atoms with Gasteiger partial charge >= 0.3 is 0 Å². The average Bonchev–Trinajstić information content (AvgIpc) is 2.42. The van der Waals surface area contributed by atoms with Crippen LogP contribution in [0.4, 0.5) is 5.69 Å². The summed E-state index contributed by atoms with van der Waals surface area (Å²) in [4.78, 5) is 11.9. The molecule has 2 N–H and O–H groups in total. The van der Waals surface area contributed by atoms with Crippen molar-refractivity contribution in [2.24, 2.45) is 0 Å². The molecule has 0 saturated carbocycles. The van der Waals surface area contributed by atoms with E-state index in [1.54, 1.807) is 24.3 Å². The van der Waals surface area contributed by atoms with Crippen molar-refractivity contribution in [3.05, 3.63) is 58.6 Å². The van der Waals surface area contributed by atoms with Crippen LogP contribution in [-0.2, 0) is 0 Å². The zero-order valence-corrected chi connectivity index (χ0v) is 10.5. The molecule has 1 amide bonds. The highest BCUT2D eigenvalue weighted by Crippen LogP contribution is 2.22.